The molecule has 0 N–H and O–H groups in total. The summed E-state index contributed by atoms with van der Waals surface area (Å²) in [6.45, 7) is 1.63. The predicted molar refractivity (Wildman–Crippen MR) is 101 cm³/mol. The number of hydrogen-bond acceptors (Lipinski definition) is 3. The number of ether oxygens (including phenoxy) is 1. The van der Waals surface area contributed by atoms with Crippen LogP contribution in [0.1, 0.15) is 12.8 Å². The third-order valence-electron chi connectivity index (χ3n) is 4.77. The van der Waals surface area contributed by atoms with E-state index in [-0.39, 0.29) is 6.03 Å². The quantitative estimate of drug-likeness (QED) is 0.710. The molecule has 0 atom stereocenters. The van der Waals surface area contributed by atoms with Crippen LogP contribution in [-0.4, -0.2) is 40.9 Å². The zero-order valence-corrected chi connectivity index (χ0v) is 14.8. The molecular weight excluding hydrogens is 326 g/mol. The van der Waals surface area contributed by atoms with Crippen LogP contribution in [0.25, 0.3) is 22.3 Å². The van der Waals surface area contributed by atoms with E-state index in [0.29, 0.717) is 0 Å². The van der Waals surface area contributed by atoms with Gasteiger partial charge in [-0.05, 0) is 30.0 Å². The van der Waals surface area contributed by atoms with Crippen LogP contribution in [0.4, 0.5) is 4.79 Å². The van der Waals surface area contributed by atoms with Gasteiger partial charge in [0.15, 0.2) is 0 Å². The molecule has 1 aliphatic heterocycles. The van der Waals surface area contributed by atoms with Crippen LogP contribution >= 0.6 is 0 Å². The predicted octanol–water partition coefficient (Wildman–Crippen LogP) is 4.29. The third kappa shape index (κ3) is 3.08. The fourth-order valence-corrected chi connectivity index (χ4v) is 3.36. The molecule has 26 heavy (non-hydrogen) atoms. The van der Waals surface area contributed by atoms with Crippen molar-refractivity contribution >= 4 is 6.03 Å². The number of nitrogens with zero attached hydrogens (tertiary/aromatic N) is 3. The number of carbonyl (C=O) groups excluding carboxylic acids is 1. The summed E-state index contributed by atoms with van der Waals surface area (Å²) >= 11 is 0. The van der Waals surface area contributed by atoms with Gasteiger partial charge in [0.05, 0.1) is 13.3 Å². The molecule has 0 spiro atoms. The smallest absolute Gasteiger partial charge is 0.344 e. The lowest BCUT2D eigenvalue weighted by Gasteiger charge is -2.14. The van der Waals surface area contributed by atoms with E-state index in [1.54, 1.807) is 19.5 Å². The average molecular weight is 347 g/mol. The van der Waals surface area contributed by atoms with E-state index in [4.69, 9.17) is 4.74 Å². The molecule has 4 rings (SSSR count). The minimum absolute atomic E-state index is 0.0541. The van der Waals surface area contributed by atoms with Crippen molar-refractivity contribution in [3.63, 3.8) is 0 Å². The summed E-state index contributed by atoms with van der Waals surface area (Å²) in [6.07, 6.45) is 5.65. The maximum absolute atomic E-state index is 12.5. The molecule has 1 saturated heterocycles. The third-order valence-corrected chi connectivity index (χ3v) is 4.77. The normalized spacial score (nSPS) is 13.8. The van der Waals surface area contributed by atoms with Crippen molar-refractivity contribution in [2.24, 2.45) is 0 Å². The molecule has 0 bridgehead atoms. The number of hydrogen-bond donors (Lipinski definition) is 0. The van der Waals surface area contributed by atoms with Gasteiger partial charge in [-0.1, -0.05) is 42.5 Å². The van der Waals surface area contributed by atoms with Crippen LogP contribution in [0, 0.1) is 0 Å². The maximum atomic E-state index is 12.5. The van der Waals surface area contributed by atoms with E-state index in [0.717, 1.165) is 53.9 Å². The summed E-state index contributed by atoms with van der Waals surface area (Å²) in [5, 5.41) is 4.26. The lowest BCUT2D eigenvalue weighted by Crippen LogP contribution is -2.32. The van der Waals surface area contributed by atoms with Crippen molar-refractivity contribution in [2.75, 3.05) is 20.2 Å². The molecular formula is C21H21N3O2. The van der Waals surface area contributed by atoms with Gasteiger partial charge in [0, 0.05) is 30.4 Å². The first-order valence-electron chi connectivity index (χ1n) is 8.84. The van der Waals surface area contributed by atoms with Crippen molar-refractivity contribution < 1.29 is 9.53 Å². The van der Waals surface area contributed by atoms with E-state index in [1.165, 1.54) is 4.68 Å². The van der Waals surface area contributed by atoms with Gasteiger partial charge in [-0.25, -0.2) is 4.79 Å². The molecule has 5 nitrogen and oxygen atoms in total. The van der Waals surface area contributed by atoms with E-state index < -0.39 is 0 Å². The van der Waals surface area contributed by atoms with Crippen molar-refractivity contribution in [3.05, 3.63) is 60.9 Å². The van der Waals surface area contributed by atoms with E-state index >= 15 is 0 Å². The first-order valence-corrected chi connectivity index (χ1v) is 8.84. The Hall–Kier alpha value is -3.08. The first-order chi connectivity index (χ1) is 12.8. The van der Waals surface area contributed by atoms with Crippen LogP contribution in [0.5, 0.6) is 5.75 Å². The standard InChI is InChI=1S/C21H21N3O2/c1-26-20-13-17(9-10-19(20)16-7-3-2-4-8-16)18-14-22-24(15-18)21(25)23-11-5-6-12-23/h2-4,7-10,13-15H,5-6,11-12H2,1H3. The van der Waals surface area contributed by atoms with Crippen LogP contribution in [0.2, 0.25) is 0 Å². The van der Waals surface area contributed by atoms with Crippen molar-refractivity contribution in [2.45, 2.75) is 12.8 Å². The fraction of sp³-hybridized carbons (Fsp3) is 0.238. The number of amides is 1. The maximum Gasteiger partial charge on any atom is 0.344 e. The summed E-state index contributed by atoms with van der Waals surface area (Å²) in [5.74, 6) is 0.798. The molecule has 1 fully saturated rings. The van der Waals surface area contributed by atoms with Crippen LogP contribution < -0.4 is 4.74 Å². The summed E-state index contributed by atoms with van der Waals surface area (Å²) in [5.41, 5.74) is 4.02. The SMILES string of the molecule is COc1cc(-c2cnn(C(=O)N3CCCC3)c2)ccc1-c1ccccc1. The Labute approximate surface area is 152 Å². The van der Waals surface area contributed by atoms with Gasteiger partial charge in [-0.2, -0.15) is 9.78 Å². The Morgan fingerprint density at radius 1 is 1.00 bits per heavy atom. The van der Waals surface area contributed by atoms with Crippen LogP contribution in [0.15, 0.2) is 60.9 Å². The summed E-state index contributed by atoms with van der Waals surface area (Å²) < 4.78 is 7.02. The number of rotatable bonds is 3. The molecule has 0 aliphatic carbocycles. The average Bonchev–Trinajstić information content (AvgIpc) is 3.40. The van der Waals surface area contributed by atoms with Crippen molar-refractivity contribution in [3.8, 4) is 28.0 Å². The number of aromatic nitrogens is 2. The molecule has 2 heterocycles. The highest BCUT2D eigenvalue weighted by Crippen LogP contribution is 2.34. The van der Waals surface area contributed by atoms with E-state index in [9.17, 15) is 4.79 Å². The Bertz CT molecular complexity index is 912. The second kappa shape index (κ2) is 7.04. The molecule has 1 aromatic heterocycles. The molecule has 0 saturated carbocycles. The summed E-state index contributed by atoms with van der Waals surface area (Å²) in [7, 11) is 1.67. The molecule has 2 aromatic carbocycles. The Balaban J connectivity index is 1.63. The first kappa shape index (κ1) is 16.4. The molecule has 5 heteroatoms. The topological polar surface area (TPSA) is 47.4 Å². The second-order valence-electron chi connectivity index (χ2n) is 6.43. The fourth-order valence-electron chi connectivity index (χ4n) is 3.36. The molecule has 1 amide bonds. The molecule has 0 radical (unpaired) electrons. The van der Waals surface area contributed by atoms with Crippen LogP contribution in [0.3, 0.4) is 0 Å². The highest BCUT2D eigenvalue weighted by atomic mass is 16.5. The zero-order chi connectivity index (χ0) is 17.9. The number of likely N-dealkylation sites (tertiary alicyclic amines) is 1. The highest BCUT2D eigenvalue weighted by Gasteiger charge is 2.20. The number of methoxy groups -OCH3 is 1. The van der Waals surface area contributed by atoms with Gasteiger partial charge < -0.3 is 9.64 Å². The summed E-state index contributed by atoms with van der Waals surface area (Å²) in [4.78, 5) is 14.3. The molecule has 0 unspecified atom stereocenters. The van der Waals surface area contributed by atoms with E-state index in [2.05, 4.69) is 17.2 Å². The van der Waals surface area contributed by atoms with Gasteiger partial charge >= 0.3 is 6.03 Å². The Morgan fingerprint density at radius 2 is 1.77 bits per heavy atom. The van der Waals surface area contributed by atoms with Crippen molar-refractivity contribution in [1.29, 1.82) is 0 Å². The molecule has 3 aromatic rings. The van der Waals surface area contributed by atoms with Gasteiger partial charge in [0.1, 0.15) is 5.75 Å². The van der Waals surface area contributed by atoms with Gasteiger partial charge in [0.25, 0.3) is 0 Å². The minimum Gasteiger partial charge on any atom is -0.496 e. The molecule has 132 valence electrons. The molecule has 1 aliphatic rings. The lowest BCUT2D eigenvalue weighted by atomic mass is 10.0. The Morgan fingerprint density at radius 3 is 2.50 bits per heavy atom. The van der Waals surface area contributed by atoms with E-state index in [1.807, 2.05) is 41.3 Å². The lowest BCUT2D eigenvalue weighted by molar-refractivity contribution is 0.207. The zero-order valence-electron chi connectivity index (χ0n) is 14.8. The Kier molecular flexibility index (Phi) is 4.44. The van der Waals surface area contributed by atoms with Gasteiger partial charge in [-0.3, -0.25) is 0 Å². The van der Waals surface area contributed by atoms with Crippen molar-refractivity contribution in [1.82, 2.24) is 14.7 Å². The monoisotopic (exact) mass is 347 g/mol. The second-order valence-corrected chi connectivity index (χ2v) is 6.43. The van der Waals surface area contributed by atoms with Crippen LogP contribution in [-0.2, 0) is 0 Å². The number of benzene rings is 2. The largest absolute Gasteiger partial charge is 0.496 e. The minimum atomic E-state index is -0.0541. The highest BCUT2D eigenvalue weighted by molar-refractivity contribution is 5.79. The summed E-state index contributed by atoms with van der Waals surface area (Å²) in [6, 6.07) is 16.2. The van der Waals surface area contributed by atoms with Gasteiger partial charge in [0.2, 0.25) is 0 Å². The van der Waals surface area contributed by atoms with Gasteiger partial charge in [-0.15, -0.1) is 0 Å². The number of carbonyl (C=O) groups is 1.